The number of carbonyl (C=O) groups excluding carboxylic acids is 1. The molecule has 1 aliphatic rings. The molecule has 0 spiro atoms. The summed E-state index contributed by atoms with van der Waals surface area (Å²) < 4.78 is 27.9. The van der Waals surface area contributed by atoms with Crippen molar-refractivity contribution in [2.24, 2.45) is 5.92 Å². The number of hydrogen-bond donors (Lipinski definition) is 1. The van der Waals surface area contributed by atoms with Crippen LogP contribution in [0.15, 0.2) is 38.3 Å². The van der Waals surface area contributed by atoms with Crippen LogP contribution in [0.4, 0.5) is 5.69 Å². The van der Waals surface area contributed by atoms with E-state index in [2.05, 4.69) is 21.2 Å². The van der Waals surface area contributed by atoms with Gasteiger partial charge in [-0.3, -0.25) is 4.79 Å². The summed E-state index contributed by atoms with van der Waals surface area (Å²) in [7, 11) is -3.47. The molecule has 26 heavy (non-hydrogen) atoms. The number of piperidine rings is 1. The molecule has 1 N–H and O–H groups in total. The molecule has 1 saturated heterocycles. The predicted octanol–water partition coefficient (Wildman–Crippen LogP) is 4.17. The first-order valence-electron chi connectivity index (χ1n) is 8.41. The van der Waals surface area contributed by atoms with E-state index in [1.807, 2.05) is 32.0 Å². The highest BCUT2D eigenvalue weighted by Gasteiger charge is 2.33. The van der Waals surface area contributed by atoms with Crippen LogP contribution in [0, 0.1) is 19.8 Å². The van der Waals surface area contributed by atoms with Crippen molar-refractivity contribution < 1.29 is 13.2 Å². The van der Waals surface area contributed by atoms with E-state index >= 15 is 0 Å². The van der Waals surface area contributed by atoms with E-state index in [9.17, 15) is 13.2 Å². The third-order valence-electron chi connectivity index (χ3n) is 4.62. The Morgan fingerprint density at radius 3 is 2.50 bits per heavy atom. The fourth-order valence-corrected chi connectivity index (χ4v) is 6.66. The highest BCUT2D eigenvalue weighted by atomic mass is 79.9. The Labute approximate surface area is 166 Å². The van der Waals surface area contributed by atoms with Crippen molar-refractivity contribution in [1.82, 2.24) is 4.31 Å². The average molecular weight is 457 g/mol. The SMILES string of the molecule is Cc1ccc(C)c(NC(=O)C2CCN(S(=O)(=O)c3ccc(Br)s3)CC2)c1. The van der Waals surface area contributed by atoms with Crippen LogP contribution >= 0.6 is 27.3 Å². The first-order valence-corrected chi connectivity index (χ1v) is 11.5. The van der Waals surface area contributed by atoms with E-state index in [-0.39, 0.29) is 11.8 Å². The highest BCUT2D eigenvalue weighted by Crippen LogP contribution is 2.31. The fraction of sp³-hybridized carbons (Fsp3) is 0.389. The van der Waals surface area contributed by atoms with Crippen LogP contribution in [0.3, 0.4) is 0 Å². The van der Waals surface area contributed by atoms with Gasteiger partial charge in [-0.2, -0.15) is 4.31 Å². The number of amides is 1. The molecule has 2 aromatic rings. The molecule has 0 atom stereocenters. The van der Waals surface area contributed by atoms with Gasteiger partial charge in [0.05, 0.1) is 3.79 Å². The zero-order chi connectivity index (χ0) is 18.9. The molecule has 1 aromatic heterocycles. The molecule has 0 radical (unpaired) electrons. The largest absolute Gasteiger partial charge is 0.326 e. The Balaban J connectivity index is 1.63. The molecule has 0 aliphatic carbocycles. The molecule has 3 rings (SSSR count). The van der Waals surface area contributed by atoms with Crippen LogP contribution in [-0.2, 0) is 14.8 Å². The number of halogens is 1. The number of benzene rings is 1. The van der Waals surface area contributed by atoms with Gasteiger partial charge in [0.15, 0.2) is 0 Å². The lowest BCUT2D eigenvalue weighted by Gasteiger charge is -2.30. The molecule has 2 heterocycles. The summed E-state index contributed by atoms with van der Waals surface area (Å²) >= 11 is 4.51. The number of rotatable bonds is 4. The number of carbonyl (C=O) groups is 1. The molecule has 5 nitrogen and oxygen atoms in total. The second-order valence-electron chi connectivity index (χ2n) is 6.54. The minimum absolute atomic E-state index is 0.0328. The van der Waals surface area contributed by atoms with Gasteiger partial charge in [-0.15, -0.1) is 11.3 Å². The molecule has 0 unspecified atom stereocenters. The molecule has 0 bridgehead atoms. The molecule has 8 heteroatoms. The van der Waals surface area contributed by atoms with Crippen LogP contribution in [0.2, 0.25) is 0 Å². The minimum Gasteiger partial charge on any atom is -0.326 e. The maximum Gasteiger partial charge on any atom is 0.252 e. The van der Waals surface area contributed by atoms with Gasteiger partial charge in [0.1, 0.15) is 4.21 Å². The predicted molar refractivity (Wildman–Crippen MR) is 108 cm³/mol. The Hall–Kier alpha value is -1.22. The van der Waals surface area contributed by atoms with Crippen molar-refractivity contribution in [3.8, 4) is 0 Å². The second kappa shape index (κ2) is 7.80. The standard InChI is InChI=1S/C18H21BrN2O3S2/c1-12-3-4-13(2)15(11-12)20-18(22)14-7-9-21(10-8-14)26(23,24)17-6-5-16(19)25-17/h3-6,11,14H,7-10H2,1-2H3,(H,20,22). The molecule has 1 fully saturated rings. The summed E-state index contributed by atoms with van der Waals surface area (Å²) in [5, 5.41) is 3.00. The summed E-state index contributed by atoms with van der Waals surface area (Å²) in [6.07, 6.45) is 1.06. The van der Waals surface area contributed by atoms with Crippen LogP contribution in [0.1, 0.15) is 24.0 Å². The average Bonchev–Trinajstić information content (AvgIpc) is 3.05. The van der Waals surface area contributed by atoms with Crippen LogP contribution in [-0.4, -0.2) is 31.7 Å². The zero-order valence-corrected chi connectivity index (χ0v) is 17.9. The van der Waals surface area contributed by atoms with Gasteiger partial charge < -0.3 is 5.32 Å². The monoisotopic (exact) mass is 456 g/mol. The maximum absolute atomic E-state index is 12.7. The smallest absolute Gasteiger partial charge is 0.252 e. The van der Waals surface area contributed by atoms with E-state index in [1.165, 1.54) is 15.6 Å². The number of nitrogens with zero attached hydrogens (tertiary/aromatic N) is 1. The first kappa shape index (κ1) is 19.5. The Kier molecular flexibility index (Phi) is 5.86. The Bertz CT molecular complexity index is 916. The topological polar surface area (TPSA) is 66.5 Å². The van der Waals surface area contributed by atoms with Gasteiger partial charge in [-0.1, -0.05) is 12.1 Å². The summed E-state index contributed by atoms with van der Waals surface area (Å²) in [5.74, 6) is -0.203. The molecule has 0 saturated carbocycles. The normalized spacial score (nSPS) is 16.6. The van der Waals surface area contributed by atoms with Crippen molar-refractivity contribution in [3.05, 3.63) is 45.2 Å². The summed E-state index contributed by atoms with van der Waals surface area (Å²) in [4.78, 5) is 12.6. The van der Waals surface area contributed by atoms with E-state index in [4.69, 9.17) is 0 Å². The van der Waals surface area contributed by atoms with Gasteiger partial charge in [-0.05, 0) is 71.9 Å². The lowest BCUT2D eigenvalue weighted by atomic mass is 9.97. The van der Waals surface area contributed by atoms with Crippen molar-refractivity contribution >= 4 is 48.9 Å². The van der Waals surface area contributed by atoms with Gasteiger partial charge >= 0.3 is 0 Å². The highest BCUT2D eigenvalue weighted by molar-refractivity contribution is 9.11. The van der Waals surface area contributed by atoms with Crippen LogP contribution in [0.5, 0.6) is 0 Å². The lowest BCUT2D eigenvalue weighted by molar-refractivity contribution is -0.120. The second-order valence-corrected chi connectivity index (χ2v) is 11.2. The van der Waals surface area contributed by atoms with Crippen LogP contribution < -0.4 is 5.32 Å². The minimum atomic E-state index is -3.47. The summed E-state index contributed by atoms with van der Waals surface area (Å²) in [6.45, 7) is 4.68. The number of nitrogens with one attached hydrogen (secondary N) is 1. The van der Waals surface area contributed by atoms with Gasteiger partial charge in [0, 0.05) is 24.7 Å². The zero-order valence-electron chi connectivity index (χ0n) is 14.7. The Morgan fingerprint density at radius 2 is 1.88 bits per heavy atom. The van der Waals surface area contributed by atoms with Crippen LogP contribution in [0.25, 0.3) is 0 Å². The van der Waals surface area contributed by atoms with Gasteiger partial charge in [-0.25, -0.2) is 8.42 Å². The number of aryl methyl sites for hydroxylation is 2. The van der Waals surface area contributed by atoms with E-state index in [0.717, 1.165) is 20.6 Å². The third-order valence-corrected chi connectivity index (χ3v) is 8.61. The molecule has 140 valence electrons. The van der Waals surface area contributed by atoms with Gasteiger partial charge in [0.25, 0.3) is 10.0 Å². The number of anilines is 1. The molecular formula is C18H21BrN2O3S2. The molecule has 1 aliphatic heterocycles. The van der Waals surface area contributed by atoms with E-state index in [1.54, 1.807) is 12.1 Å². The molecule has 1 amide bonds. The van der Waals surface area contributed by atoms with Crippen molar-refractivity contribution in [2.45, 2.75) is 30.9 Å². The molecule has 1 aromatic carbocycles. The third kappa shape index (κ3) is 4.19. The summed E-state index contributed by atoms with van der Waals surface area (Å²) in [5.41, 5.74) is 2.94. The fourth-order valence-electron chi connectivity index (χ4n) is 3.03. The number of hydrogen-bond acceptors (Lipinski definition) is 4. The van der Waals surface area contributed by atoms with Gasteiger partial charge in [0.2, 0.25) is 5.91 Å². The van der Waals surface area contributed by atoms with Crippen molar-refractivity contribution in [1.29, 1.82) is 0 Å². The molecular weight excluding hydrogens is 436 g/mol. The quantitative estimate of drug-likeness (QED) is 0.750. The van der Waals surface area contributed by atoms with E-state index in [0.29, 0.717) is 30.1 Å². The summed E-state index contributed by atoms with van der Waals surface area (Å²) in [6, 6.07) is 9.31. The lowest BCUT2D eigenvalue weighted by Crippen LogP contribution is -2.41. The number of thiophene rings is 1. The Morgan fingerprint density at radius 1 is 1.19 bits per heavy atom. The maximum atomic E-state index is 12.7. The number of sulfonamides is 1. The van der Waals surface area contributed by atoms with E-state index < -0.39 is 10.0 Å². The van der Waals surface area contributed by atoms with Crippen molar-refractivity contribution in [3.63, 3.8) is 0 Å². The first-order chi connectivity index (χ1) is 12.3. The van der Waals surface area contributed by atoms with Crippen molar-refractivity contribution in [2.75, 3.05) is 18.4 Å².